The summed E-state index contributed by atoms with van der Waals surface area (Å²) in [7, 11) is 0. The molecule has 0 saturated carbocycles. The summed E-state index contributed by atoms with van der Waals surface area (Å²) in [6.07, 6.45) is -8.23. The summed E-state index contributed by atoms with van der Waals surface area (Å²) in [6, 6.07) is 2.74. The molecule has 6 rings (SSSR count). The maximum atomic E-state index is 13.9. The molecule has 1 aromatic carbocycles. The fraction of sp³-hybridized carbons (Fsp3) is 0.606. The second-order valence-corrected chi connectivity index (χ2v) is 14.3. The summed E-state index contributed by atoms with van der Waals surface area (Å²) in [5.74, 6) is -0.680. The molecule has 10 nitrogen and oxygen atoms in total. The summed E-state index contributed by atoms with van der Waals surface area (Å²) in [6.45, 7) is 3.32. The zero-order chi connectivity index (χ0) is 35.8. The van der Waals surface area contributed by atoms with Gasteiger partial charge in [0.1, 0.15) is 5.00 Å². The molecule has 17 heteroatoms. The van der Waals surface area contributed by atoms with E-state index in [1.54, 1.807) is 4.90 Å². The Bertz CT molecular complexity index is 1530. The fourth-order valence-corrected chi connectivity index (χ4v) is 8.28. The van der Waals surface area contributed by atoms with Crippen LogP contribution >= 0.6 is 11.3 Å². The van der Waals surface area contributed by atoms with Gasteiger partial charge in [0, 0.05) is 50.2 Å². The lowest BCUT2D eigenvalue weighted by Gasteiger charge is -2.41. The second-order valence-electron chi connectivity index (χ2n) is 13.4. The first-order valence-electron chi connectivity index (χ1n) is 16.9. The number of nitrogen functional groups attached to an aromatic ring is 1. The van der Waals surface area contributed by atoms with Gasteiger partial charge in [0.25, 0.3) is 5.91 Å². The third-order valence-corrected chi connectivity index (χ3v) is 11.1. The van der Waals surface area contributed by atoms with E-state index < -0.39 is 59.3 Å². The number of nitrogens with zero attached hydrogens (tertiary/aromatic N) is 4. The lowest BCUT2D eigenvalue weighted by Crippen LogP contribution is -2.53. The van der Waals surface area contributed by atoms with Crippen molar-refractivity contribution in [2.24, 2.45) is 0 Å². The number of alkyl halides is 6. The highest BCUT2D eigenvalue weighted by Crippen LogP contribution is 2.42. The molecule has 0 bridgehead atoms. The Morgan fingerprint density at radius 1 is 0.880 bits per heavy atom. The van der Waals surface area contributed by atoms with Gasteiger partial charge in [-0.3, -0.25) is 10.1 Å². The number of nitrogens with one attached hydrogen (secondary N) is 1. The Labute approximate surface area is 289 Å². The van der Waals surface area contributed by atoms with Gasteiger partial charge >= 0.3 is 24.5 Å². The Balaban J connectivity index is 1.18. The molecular weight excluding hydrogens is 690 g/mol. The van der Waals surface area contributed by atoms with E-state index in [9.17, 15) is 40.7 Å². The van der Waals surface area contributed by atoms with Crippen molar-refractivity contribution < 1.29 is 45.5 Å². The van der Waals surface area contributed by atoms with Crippen LogP contribution in [0.4, 0.5) is 46.6 Å². The number of hydrogen-bond acceptors (Lipinski definition) is 7. The van der Waals surface area contributed by atoms with Crippen LogP contribution in [0.2, 0.25) is 0 Å². The lowest BCUT2D eigenvalue weighted by molar-refractivity contribution is -0.142. The number of fused-ring (bicyclic) bond motifs is 1. The molecule has 4 aliphatic rings. The minimum Gasteiger partial charge on any atom is -0.436 e. The topological polar surface area (TPSA) is 111 Å². The first kappa shape index (κ1) is 36.1. The van der Waals surface area contributed by atoms with Crippen LogP contribution in [0.3, 0.4) is 0 Å². The van der Waals surface area contributed by atoms with Gasteiger partial charge in [0.15, 0.2) is 6.10 Å². The van der Waals surface area contributed by atoms with Gasteiger partial charge in [-0.15, -0.1) is 11.3 Å². The molecule has 3 N–H and O–H groups in total. The quantitative estimate of drug-likeness (QED) is 0.263. The van der Waals surface area contributed by atoms with E-state index >= 15 is 0 Å². The summed E-state index contributed by atoms with van der Waals surface area (Å²) < 4.78 is 88.6. The van der Waals surface area contributed by atoms with Crippen LogP contribution in [0, 0.1) is 0 Å². The van der Waals surface area contributed by atoms with Gasteiger partial charge < -0.3 is 30.1 Å². The fourth-order valence-electron chi connectivity index (χ4n) is 7.48. The van der Waals surface area contributed by atoms with E-state index in [2.05, 4.69) is 10.2 Å². The number of hydrogen-bond donors (Lipinski definition) is 2. The van der Waals surface area contributed by atoms with Crippen molar-refractivity contribution in [3.05, 3.63) is 45.8 Å². The molecular formula is C33H40F6N6O4S. The lowest BCUT2D eigenvalue weighted by atomic mass is 9.96. The average Bonchev–Trinajstić information content (AvgIpc) is 3.54. The first-order chi connectivity index (χ1) is 23.7. The minimum absolute atomic E-state index is 0.171. The average molecular weight is 731 g/mol. The highest BCUT2D eigenvalue weighted by Gasteiger charge is 2.42. The number of urea groups is 1. The van der Waals surface area contributed by atoms with Crippen LogP contribution in [-0.2, 0) is 34.8 Å². The molecule has 274 valence electrons. The summed E-state index contributed by atoms with van der Waals surface area (Å²) in [5.41, 5.74) is 1.01. The maximum Gasteiger partial charge on any atom is 0.418 e. The van der Waals surface area contributed by atoms with Crippen LogP contribution in [0.5, 0.6) is 0 Å². The molecule has 4 aliphatic heterocycles. The smallest absolute Gasteiger partial charge is 0.418 e. The predicted octanol–water partition coefficient (Wildman–Crippen LogP) is 6.40. The first-order valence-corrected chi connectivity index (χ1v) is 17.8. The van der Waals surface area contributed by atoms with Crippen molar-refractivity contribution in [2.45, 2.75) is 88.5 Å². The maximum absolute atomic E-state index is 13.9. The van der Waals surface area contributed by atoms with Crippen molar-refractivity contribution in [3.63, 3.8) is 0 Å². The Kier molecular flexibility index (Phi) is 10.4. The van der Waals surface area contributed by atoms with Gasteiger partial charge in [-0.25, -0.2) is 9.59 Å². The van der Waals surface area contributed by atoms with Gasteiger partial charge in [-0.2, -0.15) is 26.3 Å². The summed E-state index contributed by atoms with van der Waals surface area (Å²) in [5, 5.41) is 5.56. The van der Waals surface area contributed by atoms with Crippen molar-refractivity contribution in [3.8, 4) is 0 Å². The zero-order valence-corrected chi connectivity index (χ0v) is 28.1. The molecule has 2 aromatic rings. The minimum atomic E-state index is -5.20. The van der Waals surface area contributed by atoms with Gasteiger partial charge in [0.2, 0.25) is 0 Å². The number of thiophene rings is 1. The van der Waals surface area contributed by atoms with Crippen molar-refractivity contribution >= 4 is 40.1 Å². The van der Waals surface area contributed by atoms with Crippen LogP contribution < -0.4 is 11.1 Å². The van der Waals surface area contributed by atoms with Crippen LogP contribution in [0.1, 0.15) is 67.2 Å². The molecule has 0 unspecified atom stereocenters. The number of halogens is 6. The second kappa shape index (κ2) is 14.5. The van der Waals surface area contributed by atoms with Crippen LogP contribution in [-0.4, -0.2) is 95.1 Å². The number of benzene rings is 1. The van der Waals surface area contributed by atoms with E-state index in [1.165, 1.54) is 27.6 Å². The third-order valence-electron chi connectivity index (χ3n) is 10.2. The predicted molar refractivity (Wildman–Crippen MR) is 173 cm³/mol. The standard InChI is InChI=1S/C33H40F6N6O4S/c34-32(35,36)24-16-20(17-25(27(24)40)33(37,38)39)18-26(29(46)43-11-4-22(5-12-43)42-9-2-1-3-10-42)49-31(48)44-13-6-23(7-14-44)45-19-21-8-15-50-28(21)41-30(45)47/h8,15-17,22-23,26H,1-7,9-14,18-19,40H2,(H,41,47)/t26-/m1/s1. The van der Waals surface area contributed by atoms with E-state index in [1.807, 2.05) is 11.4 Å². The molecule has 5 heterocycles. The number of ether oxygens (including phenoxy) is 1. The van der Waals surface area contributed by atoms with E-state index in [4.69, 9.17) is 10.5 Å². The van der Waals surface area contributed by atoms with Crippen LogP contribution in [0.15, 0.2) is 23.6 Å². The molecule has 0 aliphatic carbocycles. The van der Waals surface area contributed by atoms with Gasteiger partial charge in [0.05, 0.1) is 23.4 Å². The Morgan fingerprint density at radius 2 is 1.46 bits per heavy atom. The Morgan fingerprint density at radius 3 is 2.06 bits per heavy atom. The molecule has 4 amide bonds. The molecule has 3 saturated heterocycles. The number of likely N-dealkylation sites (tertiary alicyclic amines) is 3. The Hall–Kier alpha value is -3.73. The number of carbonyl (C=O) groups excluding carboxylic acids is 3. The number of carbonyl (C=O) groups is 3. The molecule has 0 spiro atoms. The number of piperidine rings is 3. The molecule has 1 aromatic heterocycles. The molecule has 50 heavy (non-hydrogen) atoms. The van der Waals surface area contributed by atoms with Crippen molar-refractivity contribution in [1.82, 2.24) is 19.6 Å². The largest absolute Gasteiger partial charge is 0.436 e. The van der Waals surface area contributed by atoms with Crippen LogP contribution in [0.25, 0.3) is 0 Å². The highest BCUT2D eigenvalue weighted by molar-refractivity contribution is 7.14. The van der Waals surface area contributed by atoms with Crippen molar-refractivity contribution in [2.75, 3.05) is 50.3 Å². The molecule has 1 atom stereocenters. The summed E-state index contributed by atoms with van der Waals surface area (Å²) in [4.78, 5) is 47.1. The number of nitrogens with two attached hydrogens (primary N) is 1. The monoisotopic (exact) mass is 730 g/mol. The molecule has 3 fully saturated rings. The van der Waals surface area contributed by atoms with Gasteiger partial charge in [-0.1, -0.05) is 6.42 Å². The SMILES string of the molecule is Nc1c(C(F)(F)F)cc(C[C@@H](OC(=O)N2CCC(N3Cc4ccsc4NC3=O)CC2)C(=O)N2CCC(N3CCCCC3)CC2)cc1C(F)(F)F. The van der Waals surface area contributed by atoms with E-state index in [-0.39, 0.29) is 31.2 Å². The van der Waals surface area contributed by atoms with Crippen molar-refractivity contribution in [1.29, 1.82) is 0 Å². The zero-order valence-electron chi connectivity index (χ0n) is 27.3. The summed E-state index contributed by atoms with van der Waals surface area (Å²) >= 11 is 1.43. The molecule has 0 radical (unpaired) electrons. The van der Waals surface area contributed by atoms with E-state index in [0.717, 1.165) is 36.5 Å². The van der Waals surface area contributed by atoms with Gasteiger partial charge in [-0.05, 0) is 80.8 Å². The number of amides is 4. The number of rotatable bonds is 6. The third kappa shape index (κ3) is 7.92. The normalized spacial score (nSPS) is 20.8. The highest BCUT2D eigenvalue weighted by atomic mass is 32.1. The number of anilines is 2. The van der Waals surface area contributed by atoms with E-state index in [0.29, 0.717) is 57.5 Å².